The minimum absolute atomic E-state index is 0. The highest BCUT2D eigenvalue weighted by molar-refractivity contribution is 5.85. The van der Waals surface area contributed by atoms with E-state index < -0.39 is 0 Å². The normalized spacial score (nSPS) is 22.3. The van der Waals surface area contributed by atoms with Gasteiger partial charge >= 0.3 is 0 Å². The number of halogens is 1. The molecular formula is C16H25ClN2. The van der Waals surface area contributed by atoms with Gasteiger partial charge in [-0.3, -0.25) is 0 Å². The summed E-state index contributed by atoms with van der Waals surface area (Å²) in [5.74, 6) is 0. The quantitative estimate of drug-likeness (QED) is 0.816. The minimum Gasteiger partial charge on any atom is -0.372 e. The zero-order chi connectivity index (χ0) is 12.5. The molecule has 0 bridgehead atoms. The van der Waals surface area contributed by atoms with E-state index in [-0.39, 0.29) is 12.4 Å². The third-order valence-corrected chi connectivity index (χ3v) is 4.52. The lowest BCUT2D eigenvalue weighted by Crippen LogP contribution is -2.29. The van der Waals surface area contributed by atoms with Crippen LogP contribution in [0.1, 0.15) is 42.9 Å². The molecule has 2 aliphatic rings. The lowest BCUT2D eigenvalue weighted by atomic mass is 10.0. The third kappa shape index (κ3) is 2.90. The number of hydrogen-bond acceptors (Lipinski definition) is 2. The number of anilines is 1. The zero-order valence-corrected chi connectivity index (χ0v) is 12.9. The molecule has 1 unspecified atom stereocenters. The predicted molar refractivity (Wildman–Crippen MR) is 84.5 cm³/mol. The standard InChI is InChI=1S/C16H24N2.ClH/c1-17(2)16-9-7-13-6-8-14(12-15(13)16)18-10-4-3-5-11-18;/h6,8,12,16H,3-5,7,9-11H2,1-2H3;1H. The number of rotatable bonds is 2. The average molecular weight is 281 g/mol. The molecular weight excluding hydrogens is 256 g/mol. The van der Waals surface area contributed by atoms with Gasteiger partial charge in [-0.1, -0.05) is 6.07 Å². The van der Waals surface area contributed by atoms with E-state index in [0.717, 1.165) is 0 Å². The van der Waals surface area contributed by atoms with Gasteiger partial charge in [-0.15, -0.1) is 12.4 Å². The highest BCUT2D eigenvalue weighted by Crippen LogP contribution is 2.37. The van der Waals surface area contributed by atoms with Crippen molar-refractivity contribution in [2.24, 2.45) is 0 Å². The van der Waals surface area contributed by atoms with Crippen LogP contribution < -0.4 is 4.90 Å². The van der Waals surface area contributed by atoms with Gasteiger partial charge in [0.15, 0.2) is 0 Å². The van der Waals surface area contributed by atoms with Crippen molar-refractivity contribution in [1.29, 1.82) is 0 Å². The van der Waals surface area contributed by atoms with Crippen molar-refractivity contribution < 1.29 is 0 Å². The summed E-state index contributed by atoms with van der Waals surface area (Å²) in [7, 11) is 4.40. The van der Waals surface area contributed by atoms with Crippen molar-refractivity contribution in [3.8, 4) is 0 Å². The molecule has 0 N–H and O–H groups in total. The van der Waals surface area contributed by atoms with Crippen molar-refractivity contribution in [3.05, 3.63) is 29.3 Å². The molecule has 1 aliphatic heterocycles. The van der Waals surface area contributed by atoms with E-state index in [2.05, 4.69) is 42.1 Å². The van der Waals surface area contributed by atoms with Crippen LogP contribution in [-0.4, -0.2) is 32.1 Å². The van der Waals surface area contributed by atoms with Crippen molar-refractivity contribution in [3.63, 3.8) is 0 Å². The van der Waals surface area contributed by atoms with Crippen molar-refractivity contribution in [2.75, 3.05) is 32.1 Å². The second-order valence-corrected chi connectivity index (χ2v) is 5.95. The molecule has 0 saturated carbocycles. The summed E-state index contributed by atoms with van der Waals surface area (Å²) in [5, 5.41) is 0. The van der Waals surface area contributed by atoms with E-state index in [1.54, 1.807) is 11.1 Å². The fourth-order valence-corrected chi connectivity index (χ4v) is 3.45. The van der Waals surface area contributed by atoms with Crippen LogP contribution in [0.15, 0.2) is 18.2 Å². The van der Waals surface area contributed by atoms with Crippen LogP contribution in [0, 0.1) is 0 Å². The van der Waals surface area contributed by atoms with Crippen LogP contribution in [-0.2, 0) is 6.42 Å². The Morgan fingerprint density at radius 3 is 2.53 bits per heavy atom. The molecule has 0 amide bonds. The SMILES string of the molecule is CN(C)C1CCc2ccc(N3CCCCC3)cc21.Cl. The molecule has 0 spiro atoms. The first kappa shape index (κ1) is 14.7. The van der Waals surface area contributed by atoms with E-state index in [9.17, 15) is 0 Å². The Bertz CT molecular complexity index is 425. The maximum atomic E-state index is 2.56. The van der Waals surface area contributed by atoms with Gasteiger partial charge in [0.1, 0.15) is 0 Å². The molecule has 2 nitrogen and oxygen atoms in total. The lowest BCUT2D eigenvalue weighted by Gasteiger charge is -2.30. The first-order valence-corrected chi connectivity index (χ1v) is 7.30. The molecule has 3 heteroatoms. The molecule has 1 aliphatic carbocycles. The number of benzene rings is 1. The van der Waals surface area contributed by atoms with E-state index in [1.165, 1.54) is 50.9 Å². The molecule has 3 rings (SSSR count). The Hall–Kier alpha value is -0.730. The second-order valence-electron chi connectivity index (χ2n) is 5.95. The molecule has 19 heavy (non-hydrogen) atoms. The topological polar surface area (TPSA) is 6.48 Å². The third-order valence-electron chi connectivity index (χ3n) is 4.52. The predicted octanol–water partition coefficient (Wildman–Crippen LogP) is 3.65. The van der Waals surface area contributed by atoms with Crippen molar-refractivity contribution in [2.45, 2.75) is 38.1 Å². The molecule has 1 heterocycles. The van der Waals surface area contributed by atoms with Crippen molar-refractivity contribution in [1.82, 2.24) is 4.90 Å². The van der Waals surface area contributed by atoms with E-state index >= 15 is 0 Å². The summed E-state index contributed by atoms with van der Waals surface area (Å²) in [5.41, 5.74) is 4.58. The fraction of sp³-hybridized carbons (Fsp3) is 0.625. The number of fused-ring (bicyclic) bond motifs is 1. The summed E-state index contributed by atoms with van der Waals surface area (Å²) in [6.07, 6.45) is 6.65. The van der Waals surface area contributed by atoms with Crippen LogP contribution in [0.3, 0.4) is 0 Å². The van der Waals surface area contributed by atoms with Crippen molar-refractivity contribution >= 4 is 18.1 Å². The molecule has 1 aromatic rings. The van der Waals surface area contributed by atoms with Gasteiger partial charge in [-0.25, -0.2) is 0 Å². The molecule has 1 aromatic carbocycles. The summed E-state index contributed by atoms with van der Waals surface area (Å²) in [4.78, 5) is 4.93. The number of nitrogens with zero attached hydrogens (tertiary/aromatic N) is 2. The molecule has 1 fully saturated rings. The minimum atomic E-state index is 0. The Kier molecular flexibility index (Phi) is 4.75. The van der Waals surface area contributed by atoms with E-state index in [4.69, 9.17) is 0 Å². The van der Waals surface area contributed by atoms with Crippen LogP contribution >= 0.6 is 12.4 Å². The lowest BCUT2D eigenvalue weighted by molar-refractivity contribution is 0.299. The Balaban J connectivity index is 0.00000133. The van der Waals surface area contributed by atoms with Gasteiger partial charge in [-0.2, -0.15) is 0 Å². The Morgan fingerprint density at radius 1 is 1.11 bits per heavy atom. The summed E-state index contributed by atoms with van der Waals surface area (Å²) in [6.45, 7) is 2.48. The first-order chi connectivity index (χ1) is 8.75. The molecule has 0 aromatic heterocycles. The van der Waals surface area contributed by atoms with Gasteiger partial charge in [0, 0.05) is 24.8 Å². The van der Waals surface area contributed by atoms with Gasteiger partial charge in [0.2, 0.25) is 0 Å². The first-order valence-electron chi connectivity index (χ1n) is 7.30. The number of piperidine rings is 1. The fourth-order valence-electron chi connectivity index (χ4n) is 3.45. The Morgan fingerprint density at radius 2 is 1.84 bits per heavy atom. The maximum Gasteiger partial charge on any atom is 0.0369 e. The smallest absolute Gasteiger partial charge is 0.0369 e. The average Bonchev–Trinajstić information content (AvgIpc) is 2.82. The summed E-state index contributed by atoms with van der Waals surface area (Å²) in [6, 6.07) is 7.79. The monoisotopic (exact) mass is 280 g/mol. The van der Waals surface area contributed by atoms with Crippen LogP contribution in [0.4, 0.5) is 5.69 Å². The van der Waals surface area contributed by atoms with Gasteiger partial charge in [0.05, 0.1) is 0 Å². The molecule has 0 radical (unpaired) electrons. The second kappa shape index (κ2) is 6.15. The highest BCUT2D eigenvalue weighted by atomic mass is 35.5. The maximum absolute atomic E-state index is 2.56. The summed E-state index contributed by atoms with van der Waals surface area (Å²) >= 11 is 0. The number of aryl methyl sites for hydroxylation is 1. The number of hydrogen-bond donors (Lipinski definition) is 0. The van der Waals surface area contributed by atoms with Gasteiger partial charge < -0.3 is 9.80 Å². The van der Waals surface area contributed by atoms with Crippen LogP contribution in [0.2, 0.25) is 0 Å². The molecule has 1 atom stereocenters. The largest absolute Gasteiger partial charge is 0.372 e. The van der Waals surface area contributed by atoms with Crippen LogP contribution in [0.5, 0.6) is 0 Å². The van der Waals surface area contributed by atoms with E-state index in [0.29, 0.717) is 6.04 Å². The molecule has 106 valence electrons. The highest BCUT2D eigenvalue weighted by Gasteiger charge is 2.25. The van der Waals surface area contributed by atoms with Gasteiger partial charge in [0.25, 0.3) is 0 Å². The molecule has 1 saturated heterocycles. The van der Waals surface area contributed by atoms with E-state index in [1.807, 2.05) is 0 Å². The zero-order valence-electron chi connectivity index (χ0n) is 12.1. The van der Waals surface area contributed by atoms with Gasteiger partial charge in [-0.05, 0) is 69.5 Å². The summed E-state index contributed by atoms with van der Waals surface area (Å²) < 4.78 is 0. The van der Waals surface area contributed by atoms with Crippen LogP contribution in [0.25, 0.3) is 0 Å². The Labute approximate surface area is 123 Å².